The molecular formula is C17H17ClFNO4. The van der Waals surface area contributed by atoms with Crippen molar-refractivity contribution in [1.29, 1.82) is 0 Å². The molecule has 0 saturated heterocycles. The quantitative estimate of drug-likeness (QED) is 0.864. The Hall–Kier alpha value is -2.47. The highest BCUT2D eigenvalue weighted by molar-refractivity contribution is 6.33. The Labute approximate surface area is 144 Å². The van der Waals surface area contributed by atoms with Crippen LogP contribution in [0.1, 0.15) is 15.9 Å². The Balaban J connectivity index is 2.24. The average molecular weight is 354 g/mol. The van der Waals surface area contributed by atoms with Gasteiger partial charge in [-0.05, 0) is 18.2 Å². The summed E-state index contributed by atoms with van der Waals surface area (Å²) >= 11 is 5.89. The van der Waals surface area contributed by atoms with Crippen molar-refractivity contribution >= 4 is 17.5 Å². The highest BCUT2D eigenvalue weighted by atomic mass is 35.5. The molecule has 2 rings (SSSR count). The summed E-state index contributed by atoms with van der Waals surface area (Å²) < 4.78 is 29.5. The summed E-state index contributed by atoms with van der Waals surface area (Å²) in [6, 6.07) is 7.40. The van der Waals surface area contributed by atoms with Crippen molar-refractivity contribution in [3.8, 4) is 17.2 Å². The maximum atomic E-state index is 13.8. The predicted octanol–water partition coefficient (Wildman–Crippen LogP) is 3.43. The molecule has 5 nitrogen and oxygen atoms in total. The second-order valence-electron chi connectivity index (χ2n) is 4.80. The van der Waals surface area contributed by atoms with E-state index >= 15 is 0 Å². The summed E-state index contributed by atoms with van der Waals surface area (Å²) in [5.74, 6) is 0.204. The van der Waals surface area contributed by atoms with Crippen LogP contribution in [0, 0.1) is 5.82 Å². The number of amides is 1. The lowest BCUT2D eigenvalue weighted by molar-refractivity contribution is 0.0947. The highest BCUT2D eigenvalue weighted by Gasteiger charge is 2.17. The van der Waals surface area contributed by atoms with Crippen LogP contribution in [0.4, 0.5) is 4.39 Å². The van der Waals surface area contributed by atoms with Gasteiger partial charge < -0.3 is 19.5 Å². The van der Waals surface area contributed by atoms with E-state index in [-0.39, 0.29) is 17.1 Å². The SMILES string of the molecule is COc1cc(OC)c(OC)cc1CNC(=O)c1c(F)cccc1Cl. The molecule has 0 spiro atoms. The molecule has 0 unspecified atom stereocenters. The molecular weight excluding hydrogens is 337 g/mol. The number of carbonyl (C=O) groups is 1. The van der Waals surface area contributed by atoms with Crippen LogP contribution in [0.3, 0.4) is 0 Å². The molecule has 0 aliphatic heterocycles. The number of hydrogen-bond acceptors (Lipinski definition) is 4. The molecule has 0 bridgehead atoms. The zero-order chi connectivity index (χ0) is 17.7. The Morgan fingerprint density at radius 2 is 1.71 bits per heavy atom. The van der Waals surface area contributed by atoms with E-state index in [1.54, 1.807) is 12.1 Å². The first-order valence-corrected chi connectivity index (χ1v) is 7.40. The molecule has 0 radical (unpaired) electrons. The monoisotopic (exact) mass is 353 g/mol. The Morgan fingerprint density at radius 1 is 1.08 bits per heavy atom. The van der Waals surface area contributed by atoms with E-state index < -0.39 is 11.7 Å². The molecule has 0 aliphatic carbocycles. The summed E-state index contributed by atoms with van der Waals surface area (Å²) in [6.07, 6.45) is 0. The molecule has 7 heteroatoms. The third-order valence-electron chi connectivity index (χ3n) is 3.42. The van der Waals surface area contributed by atoms with Crippen molar-refractivity contribution in [2.24, 2.45) is 0 Å². The first kappa shape index (κ1) is 17.9. The second kappa shape index (κ2) is 7.88. The van der Waals surface area contributed by atoms with Gasteiger partial charge in [0.2, 0.25) is 0 Å². The van der Waals surface area contributed by atoms with Gasteiger partial charge in [0.15, 0.2) is 11.5 Å². The molecule has 2 aromatic rings. The van der Waals surface area contributed by atoms with Crippen molar-refractivity contribution < 1.29 is 23.4 Å². The zero-order valence-corrected chi connectivity index (χ0v) is 14.2. The third-order valence-corrected chi connectivity index (χ3v) is 3.73. The maximum Gasteiger partial charge on any atom is 0.256 e. The fraction of sp³-hybridized carbons (Fsp3) is 0.235. The van der Waals surface area contributed by atoms with E-state index in [4.69, 9.17) is 25.8 Å². The zero-order valence-electron chi connectivity index (χ0n) is 13.5. The fourth-order valence-corrected chi connectivity index (χ4v) is 2.46. The summed E-state index contributed by atoms with van der Waals surface area (Å²) in [6.45, 7) is 0.104. The van der Waals surface area contributed by atoms with Gasteiger partial charge >= 0.3 is 0 Å². The lowest BCUT2D eigenvalue weighted by Gasteiger charge is -2.15. The van der Waals surface area contributed by atoms with E-state index in [0.717, 1.165) is 0 Å². The Morgan fingerprint density at radius 3 is 2.29 bits per heavy atom. The molecule has 24 heavy (non-hydrogen) atoms. The number of halogens is 2. The van der Waals surface area contributed by atoms with Gasteiger partial charge in [0.05, 0.1) is 31.9 Å². The van der Waals surface area contributed by atoms with Crippen LogP contribution in [-0.4, -0.2) is 27.2 Å². The van der Waals surface area contributed by atoms with Crippen molar-refractivity contribution in [2.75, 3.05) is 21.3 Å². The number of hydrogen-bond donors (Lipinski definition) is 1. The van der Waals surface area contributed by atoms with Gasteiger partial charge in [-0.15, -0.1) is 0 Å². The van der Waals surface area contributed by atoms with Crippen molar-refractivity contribution in [2.45, 2.75) is 6.54 Å². The van der Waals surface area contributed by atoms with Gasteiger partial charge in [-0.3, -0.25) is 4.79 Å². The fourth-order valence-electron chi connectivity index (χ4n) is 2.21. The molecule has 0 atom stereocenters. The molecule has 0 aliphatic rings. The Bertz CT molecular complexity index is 731. The first-order valence-electron chi connectivity index (χ1n) is 7.03. The number of benzene rings is 2. The Kier molecular flexibility index (Phi) is 5.87. The van der Waals surface area contributed by atoms with Crippen LogP contribution >= 0.6 is 11.6 Å². The average Bonchev–Trinajstić information content (AvgIpc) is 2.58. The summed E-state index contributed by atoms with van der Waals surface area (Å²) in [4.78, 5) is 12.2. The van der Waals surface area contributed by atoms with Gasteiger partial charge in [0, 0.05) is 18.2 Å². The topological polar surface area (TPSA) is 56.8 Å². The minimum atomic E-state index is -0.681. The maximum absolute atomic E-state index is 13.8. The second-order valence-corrected chi connectivity index (χ2v) is 5.21. The number of methoxy groups -OCH3 is 3. The summed E-state index contributed by atoms with van der Waals surface area (Å²) in [7, 11) is 4.52. The smallest absolute Gasteiger partial charge is 0.256 e. The molecule has 1 N–H and O–H groups in total. The van der Waals surface area contributed by atoms with Crippen LogP contribution in [-0.2, 0) is 6.54 Å². The molecule has 0 heterocycles. The van der Waals surface area contributed by atoms with Gasteiger partial charge in [-0.2, -0.15) is 0 Å². The number of nitrogens with one attached hydrogen (secondary N) is 1. The van der Waals surface area contributed by atoms with Crippen molar-refractivity contribution in [3.05, 3.63) is 52.3 Å². The number of carbonyl (C=O) groups excluding carboxylic acids is 1. The van der Waals surface area contributed by atoms with E-state index in [9.17, 15) is 9.18 Å². The minimum Gasteiger partial charge on any atom is -0.496 e. The van der Waals surface area contributed by atoms with Gasteiger partial charge in [-0.25, -0.2) is 4.39 Å². The van der Waals surface area contributed by atoms with Gasteiger partial charge in [0.1, 0.15) is 11.6 Å². The van der Waals surface area contributed by atoms with Crippen molar-refractivity contribution in [1.82, 2.24) is 5.32 Å². The first-order chi connectivity index (χ1) is 11.5. The lowest BCUT2D eigenvalue weighted by atomic mass is 10.1. The van der Waals surface area contributed by atoms with Crippen molar-refractivity contribution in [3.63, 3.8) is 0 Å². The third kappa shape index (κ3) is 3.71. The normalized spacial score (nSPS) is 10.2. The largest absolute Gasteiger partial charge is 0.496 e. The van der Waals surface area contributed by atoms with Crippen LogP contribution in [0.15, 0.2) is 30.3 Å². The van der Waals surface area contributed by atoms with E-state index in [1.807, 2.05) is 0 Å². The molecule has 128 valence electrons. The summed E-state index contributed by atoms with van der Waals surface area (Å²) in [5, 5.41) is 2.67. The molecule has 0 saturated carbocycles. The van der Waals surface area contributed by atoms with Gasteiger partial charge in [0.25, 0.3) is 5.91 Å². The van der Waals surface area contributed by atoms with E-state index in [1.165, 1.54) is 39.5 Å². The number of rotatable bonds is 6. The van der Waals surface area contributed by atoms with Crippen LogP contribution < -0.4 is 19.5 Å². The molecule has 2 aromatic carbocycles. The van der Waals surface area contributed by atoms with E-state index in [0.29, 0.717) is 22.8 Å². The lowest BCUT2D eigenvalue weighted by Crippen LogP contribution is -2.24. The predicted molar refractivity (Wildman–Crippen MR) is 88.7 cm³/mol. The van der Waals surface area contributed by atoms with Crippen LogP contribution in [0.2, 0.25) is 5.02 Å². The molecule has 1 amide bonds. The minimum absolute atomic E-state index is 0.0479. The van der Waals surface area contributed by atoms with E-state index in [2.05, 4.69) is 5.32 Å². The van der Waals surface area contributed by atoms with Crippen LogP contribution in [0.25, 0.3) is 0 Å². The molecule has 0 fully saturated rings. The highest BCUT2D eigenvalue weighted by Crippen LogP contribution is 2.34. The number of ether oxygens (including phenoxy) is 3. The standard InChI is InChI=1S/C17H17ClFNO4/c1-22-13-8-15(24-3)14(23-2)7-10(13)9-20-17(21)16-11(18)5-4-6-12(16)19/h4-8H,9H2,1-3H3,(H,20,21). The van der Waals surface area contributed by atoms with Crippen LogP contribution in [0.5, 0.6) is 17.2 Å². The molecule has 0 aromatic heterocycles. The summed E-state index contributed by atoms with van der Waals surface area (Å²) in [5.41, 5.74) is 0.453. The van der Waals surface area contributed by atoms with Gasteiger partial charge in [-0.1, -0.05) is 17.7 Å².